The molecule has 0 saturated carbocycles. The van der Waals surface area contributed by atoms with E-state index in [1.807, 2.05) is 0 Å². The maximum absolute atomic E-state index is 12.2. The van der Waals surface area contributed by atoms with Crippen molar-refractivity contribution in [2.24, 2.45) is 7.05 Å². The van der Waals surface area contributed by atoms with Crippen LogP contribution in [0.15, 0.2) is 0 Å². The summed E-state index contributed by atoms with van der Waals surface area (Å²) >= 11 is 0. The lowest BCUT2D eigenvalue weighted by atomic mass is 10.4. The molecule has 1 rings (SSSR count). The first kappa shape index (κ1) is 13.5. The van der Waals surface area contributed by atoms with Crippen LogP contribution in [0.2, 0.25) is 0 Å². The van der Waals surface area contributed by atoms with Gasteiger partial charge in [0, 0.05) is 7.05 Å². The third-order valence-corrected chi connectivity index (χ3v) is 1.61. The number of alkyl halides is 6. The highest BCUT2D eigenvalue weighted by atomic mass is 19.4. The molecule has 10 heteroatoms. The molecule has 0 amide bonds. The Morgan fingerprint density at radius 2 is 1.76 bits per heavy atom. The van der Waals surface area contributed by atoms with Gasteiger partial charge in [0.15, 0.2) is 6.61 Å². The maximum atomic E-state index is 12.2. The summed E-state index contributed by atoms with van der Waals surface area (Å²) in [5.41, 5.74) is -1.70. The van der Waals surface area contributed by atoms with Gasteiger partial charge in [-0.15, -0.1) is 0 Å². The van der Waals surface area contributed by atoms with Crippen molar-refractivity contribution in [2.75, 3.05) is 6.61 Å². The number of hydrogen-bond donors (Lipinski definition) is 1. The van der Waals surface area contributed by atoms with Crippen LogP contribution in [0, 0.1) is 0 Å². The summed E-state index contributed by atoms with van der Waals surface area (Å²) in [7, 11) is 0.917. The van der Waals surface area contributed by atoms with E-state index in [4.69, 9.17) is 5.11 Å². The molecule has 1 heterocycles. The molecule has 1 aromatic heterocycles. The van der Waals surface area contributed by atoms with E-state index in [1.54, 1.807) is 0 Å². The zero-order valence-electron chi connectivity index (χ0n) is 8.22. The molecule has 0 aliphatic carbocycles. The smallest absolute Gasteiger partial charge is 0.439 e. The Balaban J connectivity index is 2.99. The predicted molar refractivity (Wildman–Crippen MR) is 41.4 cm³/mol. The van der Waals surface area contributed by atoms with Crippen molar-refractivity contribution in [3.05, 3.63) is 5.69 Å². The summed E-state index contributed by atoms with van der Waals surface area (Å²) in [6.07, 6.45) is -9.70. The third kappa shape index (κ3) is 3.17. The summed E-state index contributed by atoms with van der Waals surface area (Å²) in [6, 6.07) is 0. The topological polar surface area (TPSA) is 47.3 Å². The van der Waals surface area contributed by atoms with E-state index < -0.39 is 36.3 Å². The first-order chi connectivity index (χ1) is 7.52. The second-order valence-electron chi connectivity index (χ2n) is 3.03. The lowest BCUT2D eigenvalue weighted by Gasteiger charge is -2.08. The lowest BCUT2D eigenvalue weighted by molar-refractivity contribution is -0.154. The Bertz CT molecular complexity index is 408. The van der Waals surface area contributed by atoms with E-state index in [-0.39, 0.29) is 0 Å². The number of halogens is 6. The van der Waals surface area contributed by atoms with Crippen molar-refractivity contribution in [3.63, 3.8) is 0 Å². The summed E-state index contributed by atoms with van der Waals surface area (Å²) in [5, 5.41) is 11.9. The molecular weight excluding hydrogens is 258 g/mol. The van der Waals surface area contributed by atoms with Gasteiger partial charge < -0.3 is 9.84 Å². The fourth-order valence-electron chi connectivity index (χ4n) is 1.00. The SMILES string of the molecule is Cn1nc(C(F)(F)F)c(O)c1OCC(F)(F)F. The fourth-order valence-corrected chi connectivity index (χ4v) is 1.00. The molecule has 0 atom stereocenters. The van der Waals surface area contributed by atoms with Crippen LogP contribution >= 0.6 is 0 Å². The lowest BCUT2D eigenvalue weighted by Crippen LogP contribution is -2.20. The molecule has 0 aromatic carbocycles. The molecule has 17 heavy (non-hydrogen) atoms. The maximum Gasteiger partial charge on any atom is 0.439 e. The molecule has 0 saturated heterocycles. The van der Waals surface area contributed by atoms with E-state index in [0.29, 0.717) is 4.68 Å². The van der Waals surface area contributed by atoms with Crippen LogP contribution in [0.4, 0.5) is 26.3 Å². The van der Waals surface area contributed by atoms with Gasteiger partial charge in [-0.2, -0.15) is 31.4 Å². The van der Waals surface area contributed by atoms with Gasteiger partial charge in [0.2, 0.25) is 11.4 Å². The van der Waals surface area contributed by atoms with Crippen molar-refractivity contribution >= 4 is 0 Å². The molecule has 1 N–H and O–H groups in total. The molecule has 0 spiro atoms. The monoisotopic (exact) mass is 264 g/mol. The van der Waals surface area contributed by atoms with Gasteiger partial charge in [-0.25, -0.2) is 4.68 Å². The molecule has 0 fully saturated rings. The molecule has 0 unspecified atom stereocenters. The van der Waals surface area contributed by atoms with Gasteiger partial charge >= 0.3 is 12.4 Å². The van der Waals surface area contributed by atoms with Crippen molar-refractivity contribution in [3.8, 4) is 11.6 Å². The van der Waals surface area contributed by atoms with E-state index in [2.05, 4.69) is 9.84 Å². The van der Waals surface area contributed by atoms with Gasteiger partial charge in [0.05, 0.1) is 0 Å². The average Bonchev–Trinajstić information content (AvgIpc) is 2.37. The van der Waals surface area contributed by atoms with Gasteiger partial charge in [-0.3, -0.25) is 0 Å². The number of hydrogen-bond acceptors (Lipinski definition) is 3. The van der Waals surface area contributed by atoms with E-state index in [9.17, 15) is 26.3 Å². The predicted octanol–water partition coefficient (Wildman–Crippen LogP) is 2.09. The molecule has 0 bridgehead atoms. The molecule has 98 valence electrons. The largest absolute Gasteiger partial charge is 0.502 e. The van der Waals surface area contributed by atoms with Gasteiger partial charge in [0.25, 0.3) is 5.88 Å². The number of aryl methyl sites for hydroxylation is 1. The number of aromatic hydroxyl groups is 1. The fraction of sp³-hybridized carbons (Fsp3) is 0.571. The van der Waals surface area contributed by atoms with Crippen LogP contribution < -0.4 is 4.74 Å². The van der Waals surface area contributed by atoms with Crippen LogP contribution in [0.5, 0.6) is 11.6 Å². The van der Waals surface area contributed by atoms with Crippen molar-refractivity contribution in [1.29, 1.82) is 0 Å². The third-order valence-electron chi connectivity index (χ3n) is 1.61. The molecule has 0 radical (unpaired) electrons. The number of rotatable bonds is 2. The number of aromatic nitrogens is 2. The van der Waals surface area contributed by atoms with Crippen LogP contribution in [0.3, 0.4) is 0 Å². The molecule has 1 aromatic rings. The summed E-state index contributed by atoms with van der Waals surface area (Å²) in [5.74, 6) is -2.46. The first-order valence-electron chi connectivity index (χ1n) is 4.05. The normalized spacial score (nSPS) is 12.9. The van der Waals surface area contributed by atoms with E-state index in [1.165, 1.54) is 0 Å². The minimum absolute atomic E-state index is 0.379. The Labute approximate surface area is 90.4 Å². The number of ether oxygens (including phenoxy) is 1. The highest BCUT2D eigenvalue weighted by Crippen LogP contribution is 2.40. The minimum atomic E-state index is -4.97. The van der Waals surface area contributed by atoms with E-state index in [0.717, 1.165) is 7.05 Å². The van der Waals surface area contributed by atoms with Crippen LogP contribution in [-0.2, 0) is 13.2 Å². The first-order valence-corrected chi connectivity index (χ1v) is 4.05. The Morgan fingerprint density at radius 3 is 2.12 bits per heavy atom. The zero-order chi connectivity index (χ0) is 13.4. The Kier molecular flexibility index (Phi) is 3.17. The molecular formula is C7H6F6N2O2. The van der Waals surface area contributed by atoms with Gasteiger partial charge in [-0.05, 0) is 0 Å². The summed E-state index contributed by atoms with van der Waals surface area (Å²) in [4.78, 5) is 0. The second kappa shape index (κ2) is 4.00. The molecule has 0 aliphatic heterocycles. The van der Waals surface area contributed by atoms with Crippen LogP contribution in [0.1, 0.15) is 5.69 Å². The van der Waals surface area contributed by atoms with Crippen molar-refractivity contribution in [1.82, 2.24) is 9.78 Å². The highest BCUT2D eigenvalue weighted by Gasteiger charge is 2.40. The Morgan fingerprint density at radius 1 is 1.24 bits per heavy atom. The van der Waals surface area contributed by atoms with Gasteiger partial charge in [0.1, 0.15) is 0 Å². The zero-order valence-corrected chi connectivity index (χ0v) is 8.22. The molecule has 4 nitrogen and oxygen atoms in total. The standard InChI is InChI=1S/C7H6F6N2O2/c1-15-5(17-2-6(8,9)10)3(16)4(14-15)7(11,12)13/h16H,2H2,1H3. The highest BCUT2D eigenvalue weighted by molar-refractivity contribution is 5.39. The summed E-state index contributed by atoms with van der Waals surface area (Å²) < 4.78 is 76.4. The molecule has 0 aliphatic rings. The quantitative estimate of drug-likeness (QED) is 0.832. The minimum Gasteiger partial charge on any atom is -0.502 e. The van der Waals surface area contributed by atoms with E-state index >= 15 is 0 Å². The number of nitrogens with zero attached hydrogens (tertiary/aromatic N) is 2. The van der Waals surface area contributed by atoms with Gasteiger partial charge in [-0.1, -0.05) is 0 Å². The van der Waals surface area contributed by atoms with Crippen LogP contribution in [0.25, 0.3) is 0 Å². The summed E-state index contributed by atoms with van der Waals surface area (Å²) in [6.45, 7) is -1.82. The second-order valence-corrected chi connectivity index (χ2v) is 3.03. The Hall–Kier alpha value is -1.61. The average molecular weight is 264 g/mol. The van der Waals surface area contributed by atoms with Crippen LogP contribution in [-0.4, -0.2) is 27.7 Å². The van der Waals surface area contributed by atoms with Crippen molar-refractivity contribution < 1.29 is 36.2 Å². The van der Waals surface area contributed by atoms with Crippen molar-refractivity contribution in [2.45, 2.75) is 12.4 Å².